The minimum atomic E-state index is -0.774. The zero-order chi connectivity index (χ0) is 24.6. The van der Waals surface area contributed by atoms with E-state index in [0.717, 1.165) is 48.1 Å². The van der Waals surface area contributed by atoms with Gasteiger partial charge >= 0.3 is 5.97 Å². The van der Waals surface area contributed by atoms with E-state index in [-0.39, 0.29) is 12.3 Å². The number of aromatic nitrogens is 2. The Morgan fingerprint density at radius 3 is 2.94 bits per heavy atom. The van der Waals surface area contributed by atoms with E-state index in [1.165, 1.54) is 12.7 Å². The highest BCUT2D eigenvalue weighted by Crippen LogP contribution is 2.35. The van der Waals surface area contributed by atoms with Crippen LogP contribution in [0, 0.1) is 23.7 Å². The van der Waals surface area contributed by atoms with Crippen molar-refractivity contribution < 1.29 is 24.2 Å². The van der Waals surface area contributed by atoms with Gasteiger partial charge in [0.2, 0.25) is 0 Å². The smallest absolute Gasteiger partial charge is 0.303 e. The minimum Gasteiger partial charge on any atom is -0.497 e. The first-order chi connectivity index (χ1) is 17.0. The average molecular weight is 478 g/mol. The Bertz CT molecular complexity index is 1180. The number of pyridine rings is 1. The number of likely N-dealkylation sites (tertiary alicyclic amines) is 1. The lowest BCUT2D eigenvalue weighted by Crippen LogP contribution is -2.41. The number of fused-ring (bicyclic) bond motifs is 1. The van der Waals surface area contributed by atoms with Gasteiger partial charge in [-0.15, -0.1) is 0 Å². The van der Waals surface area contributed by atoms with Crippen LogP contribution in [0.1, 0.15) is 49.5 Å². The number of piperidine rings is 1. The van der Waals surface area contributed by atoms with Gasteiger partial charge in [-0.05, 0) is 79.8 Å². The van der Waals surface area contributed by atoms with Crippen LogP contribution < -0.4 is 4.74 Å². The maximum Gasteiger partial charge on any atom is 0.303 e. The Morgan fingerprint density at radius 1 is 1.29 bits per heavy atom. The number of carboxylic acids is 1. The van der Waals surface area contributed by atoms with E-state index in [0.29, 0.717) is 31.0 Å². The van der Waals surface area contributed by atoms with Gasteiger partial charge < -0.3 is 19.4 Å². The van der Waals surface area contributed by atoms with E-state index >= 15 is 0 Å². The molecule has 0 amide bonds. The van der Waals surface area contributed by atoms with Crippen molar-refractivity contribution in [2.24, 2.45) is 11.8 Å². The number of aliphatic hydroxyl groups is 1. The second-order valence-corrected chi connectivity index (χ2v) is 9.03. The number of methoxy groups -OCH3 is 1. The quantitative estimate of drug-likeness (QED) is 0.447. The molecule has 2 aromatic heterocycles. The molecule has 0 spiro atoms. The topological polar surface area (TPSA) is 109 Å². The first-order valence-electron chi connectivity index (χ1n) is 12.0. The summed E-state index contributed by atoms with van der Waals surface area (Å²) in [6.07, 6.45) is 7.14. The van der Waals surface area contributed by atoms with Crippen molar-refractivity contribution in [1.82, 2.24) is 14.9 Å². The van der Waals surface area contributed by atoms with Gasteiger partial charge in [0, 0.05) is 24.5 Å². The van der Waals surface area contributed by atoms with Crippen molar-refractivity contribution in [3.05, 3.63) is 54.4 Å². The van der Waals surface area contributed by atoms with Gasteiger partial charge in [0.15, 0.2) is 12.1 Å². The molecular formula is C27H31N3O5. The predicted molar refractivity (Wildman–Crippen MR) is 131 cm³/mol. The summed E-state index contributed by atoms with van der Waals surface area (Å²) >= 11 is 0. The summed E-state index contributed by atoms with van der Waals surface area (Å²) in [6.45, 7) is 2.31. The monoisotopic (exact) mass is 477 g/mol. The van der Waals surface area contributed by atoms with E-state index in [2.05, 4.69) is 26.7 Å². The number of aliphatic hydroxyl groups excluding tert-OH is 1. The normalized spacial score (nSPS) is 19.1. The first-order valence-corrected chi connectivity index (χ1v) is 12.0. The van der Waals surface area contributed by atoms with Gasteiger partial charge in [-0.1, -0.05) is 5.92 Å². The molecule has 0 bridgehead atoms. The third-order valence-electron chi connectivity index (χ3n) is 6.81. The van der Waals surface area contributed by atoms with Crippen molar-refractivity contribution in [2.45, 2.75) is 38.2 Å². The van der Waals surface area contributed by atoms with Crippen LogP contribution >= 0.6 is 0 Å². The van der Waals surface area contributed by atoms with Gasteiger partial charge in [-0.3, -0.25) is 14.7 Å². The molecule has 8 heteroatoms. The average Bonchev–Trinajstić information content (AvgIpc) is 3.39. The fourth-order valence-electron chi connectivity index (χ4n) is 4.92. The van der Waals surface area contributed by atoms with Gasteiger partial charge in [0.05, 0.1) is 25.3 Å². The minimum absolute atomic E-state index is 0.150. The molecule has 1 fully saturated rings. The lowest BCUT2D eigenvalue weighted by Gasteiger charge is -2.38. The number of nitrogens with zero attached hydrogens (tertiary/aromatic N) is 3. The van der Waals surface area contributed by atoms with Crippen molar-refractivity contribution in [3.63, 3.8) is 0 Å². The lowest BCUT2D eigenvalue weighted by molar-refractivity contribution is -0.137. The molecule has 2 N–H and O–H groups in total. The molecule has 0 aliphatic carbocycles. The zero-order valence-electron chi connectivity index (χ0n) is 19.9. The molecule has 8 nitrogen and oxygen atoms in total. The number of benzene rings is 1. The Balaban J connectivity index is 1.39. The van der Waals surface area contributed by atoms with Crippen LogP contribution in [-0.2, 0) is 4.79 Å². The standard InChI is InChI=1S/C27H31N3O5/c1-34-22-6-7-25-24(15-22)23(10-12-28-25)26(31)8-4-19-11-14-30(16-20(19)5-9-27(32)33)13-2-3-21-17-35-18-29-21/h6-7,10,12,15,17-20,26,31H,4-5,8-9,11,13-14,16H2,1H3,(H,32,33)/t19-,20-,26-/m1/s1. The van der Waals surface area contributed by atoms with Crippen molar-refractivity contribution in [2.75, 3.05) is 26.7 Å². The van der Waals surface area contributed by atoms with E-state index < -0.39 is 12.1 Å². The van der Waals surface area contributed by atoms with Gasteiger partial charge in [0.1, 0.15) is 12.0 Å². The fraction of sp³-hybridized carbons (Fsp3) is 0.444. The van der Waals surface area contributed by atoms with E-state index in [4.69, 9.17) is 9.15 Å². The Morgan fingerprint density at radius 2 is 2.17 bits per heavy atom. The maximum atomic E-state index is 11.3. The highest BCUT2D eigenvalue weighted by molar-refractivity contribution is 5.83. The molecule has 0 unspecified atom stereocenters. The number of aliphatic carboxylic acids is 1. The SMILES string of the molecule is COc1ccc2nccc([C@H](O)CC[C@@H]3CCN(CC#Cc4cocn4)C[C@H]3CCC(=O)O)c2c1. The summed E-state index contributed by atoms with van der Waals surface area (Å²) in [6, 6.07) is 7.54. The Hall–Kier alpha value is -3.41. The summed E-state index contributed by atoms with van der Waals surface area (Å²) in [5.74, 6) is 6.68. The number of carbonyl (C=O) groups is 1. The largest absolute Gasteiger partial charge is 0.497 e. The number of ether oxygens (including phenoxy) is 1. The number of oxazole rings is 1. The molecule has 184 valence electrons. The number of rotatable bonds is 9. The summed E-state index contributed by atoms with van der Waals surface area (Å²) in [7, 11) is 1.62. The third-order valence-corrected chi connectivity index (χ3v) is 6.81. The molecule has 3 heterocycles. The van der Waals surface area contributed by atoms with Crippen LogP contribution in [0.3, 0.4) is 0 Å². The molecule has 3 aromatic rings. The first kappa shape index (κ1) is 24.7. The lowest BCUT2D eigenvalue weighted by atomic mass is 9.79. The summed E-state index contributed by atoms with van der Waals surface area (Å²) in [5, 5.41) is 21.2. The van der Waals surface area contributed by atoms with Gasteiger partial charge in [-0.2, -0.15) is 0 Å². The van der Waals surface area contributed by atoms with Crippen LogP contribution in [-0.4, -0.2) is 57.8 Å². The molecular weight excluding hydrogens is 446 g/mol. The molecule has 35 heavy (non-hydrogen) atoms. The number of hydrogen-bond donors (Lipinski definition) is 2. The van der Waals surface area contributed by atoms with Crippen LogP contribution in [0.4, 0.5) is 0 Å². The predicted octanol–water partition coefficient (Wildman–Crippen LogP) is 3.90. The van der Waals surface area contributed by atoms with Crippen molar-refractivity contribution in [1.29, 1.82) is 0 Å². The van der Waals surface area contributed by atoms with E-state index in [1.807, 2.05) is 24.3 Å². The summed E-state index contributed by atoms with van der Waals surface area (Å²) in [5.41, 5.74) is 2.27. The number of carboxylic acid groups (broad SMARTS) is 1. The Kier molecular flexibility index (Phi) is 8.35. The molecule has 1 aliphatic heterocycles. The van der Waals surface area contributed by atoms with Crippen LogP contribution in [0.5, 0.6) is 5.75 Å². The Labute approximate surface area is 204 Å². The van der Waals surface area contributed by atoms with E-state index in [9.17, 15) is 15.0 Å². The fourth-order valence-corrected chi connectivity index (χ4v) is 4.92. The zero-order valence-corrected chi connectivity index (χ0v) is 19.9. The van der Waals surface area contributed by atoms with Gasteiger partial charge in [-0.25, -0.2) is 4.98 Å². The third kappa shape index (κ3) is 6.59. The molecule has 3 atom stereocenters. The second kappa shape index (κ2) is 11.8. The summed E-state index contributed by atoms with van der Waals surface area (Å²) < 4.78 is 10.3. The summed E-state index contributed by atoms with van der Waals surface area (Å²) in [4.78, 5) is 21.9. The molecule has 1 aliphatic rings. The van der Waals surface area contributed by atoms with Crippen molar-refractivity contribution in [3.8, 4) is 17.6 Å². The molecule has 0 saturated carbocycles. The second-order valence-electron chi connectivity index (χ2n) is 9.03. The highest BCUT2D eigenvalue weighted by Gasteiger charge is 2.30. The molecule has 4 rings (SSSR count). The molecule has 1 aromatic carbocycles. The van der Waals surface area contributed by atoms with Crippen molar-refractivity contribution >= 4 is 16.9 Å². The van der Waals surface area contributed by atoms with Crippen LogP contribution in [0.25, 0.3) is 10.9 Å². The van der Waals surface area contributed by atoms with Gasteiger partial charge in [0.25, 0.3) is 0 Å². The van der Waals surface area contributed by atoms with Crippen LogP contribution in [0.2, 0.25) is 0 Å². The van der Waals surface area contributed by atoms with Crippen LogP contribution in [0.15, 0.2) is 47.5 Å². The molecule has 0 radical (unpaired) electrons. The molecule has 1 saturated heterocycles. The van der Waals surface area contributed by atoms with E-state index in [1.54, 1.807) is 13.3 Å². The number of hydrogen-bond acceptors (Lipinski definition) is 7. The maximum absolute atomic E-state index is 11.3. The highest BCUT2D eigenvalue weighted by atomic mass is 16.5.